The first-order valence-electron chi connectivity index (χ1n) is 3.00. The monoisotopic (exact) mass is 216 g/mol. The maximum Gasteiger partial charge on any atom is 0.335 e. The summed E-state index contributed by atoms with van der Waals surface area (Å²) in [7, 11) is 0. The van der Waals surface area contributed by atoms with Crippen LogP contribution in [0.4, 0.5) is 0 Å². The van der Waals surface area contributed by atoms with Crippen molar-refractivity contribution in [3.8, 4) is 0 Å². The van der Waals surface area contributed by atoms with Crippen LogP contribution in [-0.4, -0.2) is 11.1 Å². The molecule has 60 valence electrons. The van der Waals surface area contributed by atoms with E-state index in [1.807, 2.05) is 13.0 Å². The number of aryl methyl sites for hydroxylation is 1. The van der Waals surface area contributed by atoms with Gasteiger partial charge in [0.15, 0.2) is 0 Å². The van der Waals surface area contributed by atoms with E-state index in [0.717, 1.165) is 5.56 Å². The van der Waals surface area contributed by atoms with Crippen molar-refractivity contribution in [2.45, 2.75) is 6.92 Å². The second kappa shape index (κ2) is 4.13. The Bertz CT molecular complexity index is 258. The van der Waals surface area contributed by atoms with Gasteiger partial charge in [-0.05, 0) is 19.1 Å². The van der Waals surface area contributed by atoms with Gasteiger partial charge in [-0.25, -0.2) is 4.79 Å². The molecule has 0 radical (unpaired) electrons. The van der Waals surface area contributed by atoms with E-state index in [2.05, 4.69) is 0 Å². The molecule has 1 rings (SSSR count). The predicted molar refractivity (Wildman–Crippen MR) is 48.5 cm³/mol. The fourth-order valence-electron chi connectivity index (χ4n) is 0.778. The number of benzene rings is 1. The molecule has 0 spiro atoms. The third-order valence-electron chi connectivity index (χ3n) is 1.27. The van der Waals surface area contributed by atoms with E-state index in [9.17, 15) is 4.79 Å². The summed E-state index contributed by atoms with van der Waals surface area (Å²) in [6.45, 7) is 1.87. The fraction of sp³-hybridized carbons (Fsp3) is 0.125. The molecule has 1 N–H and O–H groups in total. The number of rotatable bonds is 1. The summed E-state index contributed by atoms with van der Waals surface area (Å²) >= 11 is 0. The van der Waals surface area contributed by atoms with Crippen molar-refractivity contribution in [1.82, 2.24) is 0 Å². The van der Waals surface area contributed by atoms with Crippen LogP contribution in [0.25, 0.3) is 0 Å². The van der Waals surface area contributed by atoms with E-state index >= 15 is 0 Å². The summed E-state index contributed by atoms with van der Waals surface area (Å²) in [5.41, 5.74) is 1.32. The van der Waals surface area contributed by atoms with Gasteiger partial charge in [0.25, 0.3) is 0 Å². The zero-order valence-corrected chi connectivity index (χ0v) is 7.79. The molecule has 0 aliphatic heterocycles. The molecule has 3 heteroatoms. The van der Waals surface area contributed by atoms with E-state index in [-0.39, 0.29) is 17.0 Å². The molecule has 0 atom stereocenters. The lowest BCUT2D eigenvalue weighted by Gasteiger charge is -1.93. The van der Waals surface area contributed by atoms with Gasteiger partial charge in [-0.3, -0.25) is 0 Å². The first kappa shape index (κ1) is 10.2. The molecule has 11 heavy (non-hydrogen) atoms. The Labute approximate surface area is 75.6 Å². The standard InChI is InChI=1S/C8H8O2.BrH/c1-6-3-2-4-7(5-6)8(9)10;/h2-5H,1H3,(H,9,10);1H. The molecular formula is C8H9BrO2. The second-order valence-electron chi connectivity index (χ2n) is 2.17. The Morgan fingerprint density at radius 1 is 1.45 bits per heavy atom. The van der Waals surface area contributed by atoms with Crippen molar-refractivity contribution in [3.05, 3.63) is 35.4 Å². The molecule has 0 saturated heterocycles. The zero-order chi connectivity index (χ0) is 7.56. The smallest absolute Gasteiger partial charge is 0.335 e. The first-order chi connectivity index (χ1) is 4.70. The van der Waals surface area contributed by atoms with Crippen molar-refractivity contribution < 1.29 is 9.90 Å². The molecule has 0 aliphatic rings. The van der Waals surface area contributed by atoms with Crippen LogP contribution in [-0.2, 0) is 0 Å². The van der Waals surface area contributed by atoms with Gasteiger partial charge in [-0.2, -0.15) is 0 Å². The number of carboxylic acid groups (broad SMARTS) is 1. The van der Waals surface area contributed by atoms with E-state index in [0.29, 0.717) is 5.56 Å². The lowest BCUT2D eigenvalue weighted by molar-refractivity contribution is 0.0697. The topological polar surface area (TPSA) is 37.3 Å². The first-order valence-corrected chi connectivity index (χ1v) is 3.00. The second-order valence-corrected chi connectivity index (χ2v) is 2.17. The van der Waals surface area contributed by atoms with Crippen molar-refractivity contribution in [2.75, 3.05) is 0 Å². The largest absolute Gasteiger partial charge is 0.478 e. The maximum absolute atomic E-state index is 10.4. The van der Waals surface area contributed by atoms with Gasteiger partial charge in [-0.1, -0.05) is 17.7 Å². The average Bonchev–Trinajstić information content (AvgIpc) is 1.88. The Hall–Kier alpha value is -0.830. The van der Waals surface area contributed by atoms with Crippen LogP contribution < -0.4 is 0 Å². The van der Waals surface area contributed by atoms with E-state index in [4.69, 9.17) is 5.11 Å². The molecule has 0 aliphatic carbocycles. The van der Waals surface area contributed by atoms with Gasteiger partial charge < -0.3 is 5.11 Å². The molecule has 2 nitrogen and oxygen atoms in total. The zero-order valence-electron chi connectivity index (χ0n) is 6.07. The van der Waals surface area contributed by atoms with Gasteiger partial charge in [0.2, 0.25) is 0 Å². The van der Waals surface area contributed by atoms with E-state index in [1.165, 1.54) is 0 Å². The Balaban J connectivity index is 0.000001000. The van der Waals surface area contributed by atoms with Crippen molar-refractivity contribution in [2.24, 2.45) is 0 Å². The third kappa shape index (κ3) is 2.72. The number of halogens is 1. The Kier molecular flexibility index (Phi) is 3.82. The van der Waals surface area contributed by atoms with Crippen LogP contribution in [0.5, 0.6) is 0 Å². The number of carbonyl (C=O) groups is 1. The summed E-state index contributed by atoms with van der Waals surface area (Å²) in [5.74, 6) is -0.872. The molecule has 0 heterocycles. The lowest BCUT2D eigenvalue weighted by atomic mass is 10.1. The maximum atomic E-state index is 10.4. The number of carboxylic acids is 1. The highest BCUT2D eigenvalue weighted by atomic mass is 79.9. The van der Waals surface area contributed by atoms with Crippen LogP contribution in [0.15, 0.2) is 24.3 Å². The molecule has 0 saturated carbocycles. The normalized spacial score (nSPS) is 8.45. The van der Waals surface area contributed by atoms with Crippen LogP contribution in [0, 0.1) is 6.92 Å². The lowest BCUT2D eigenvalue weighted by Crippen LogP contribution is -1.95. The number of hydrogen-bond donors (Lipinski definition) is 1. The van der Waals surface area contributed by atoms with Crippen molar-refractivity contribution in [1.29, 1.82) is 0 Å². The highest BCUT2D eigenvalue weighted by molar-refractivity contribution is 8.93. The Morgan fingerprint density at radius 2 is 2.09 bits per heavy atom. The van der Waals surface area contributed by atoms with Gasteiger partial charge >= 0.3 is 5.97 Å². The van der Waals surface area contributed by atoms with Crippen LogP contribution in [0.2, 0.25) is 0 Å². The Morgan fingerprint density at radius 3 is 2.45 bits per heavy atom. The van der Waals surface area contributed by atoms with E-state index in [1.54, 1.807) is 18.2 Å². The van der Waals surface area contributed by atoms with Gasteiger partial charge in [-0.15, -0.1) is 17.0 Å². The van der Waals surface area contributed by atoms with Gasteiger partial charge in [0.1, 0.15) is 0 Å². The molecule has 0 unspecified atom stereocenters. The SMILES string of the molecule is Br.Cc1cccc(C(=O)O)c1. The molecule has 1 aromatic rings. The molecule has 0 fully saturated rings. The quantitative estimate of drug-likeness (QED) is 0.783. The summed E-state index contributed by atoms with van der Waals surface area (Å²) < 4.78 is 0. The number of hydrogen-bond acceptors (Lipinski definition) is 1. The molecule has 0 aromatic heterocycles. The summed E-state index contributed by atoms with van der Waals surface area (Å²) in [6.07, 6.45) is 0. The predicted octanol–water partition coefficient (Wildman–Crippen LogP) is 2.27. The highest BCUT2D eigenvalue weighted by Gasteiger charge is 1.99. The average molecular weight is 217 g/mol. The number of aromatic carboxylic acids is 1. The van der Waals surface area contributed by atoms with Crippen molar-refractivity contribution >= 4 is 23.0 Å². The van der Waals surface area contributed by atoms with Crippen LogP contribution in [0.1, 0.15) is 15.9 Å². The molecule has 0 amide bonds. The summed E-state index contributed by atoms with van der Waals surface area (Å²) in [4.78, 5) is 10.4. The summed E-state index contributed by atoms with van der Waals surface area (Å²) in [5, 5.41) is 8.51. The van der Waals surface area contributed by atoms with Crippen LogP contribution >= 0.6 is 17.0 Å². The van der Waals surface area contributed by atoms with Gasteiger partial charge in [0.05, 0.1) is 5.56 Å². The minimum atomic E-state index is -0.872. The summed E-state index contributed by atoms with van der Waals surface area (Å²) in [6, 6.07) is 6.82. The molecule has 1 aromatic carbocycles. The van der Waals surface area contributed by atoms with Gasteiger partial charge in [0, 0.05) is 0 Å². The fourth-order valence-corrected chi connectivity index (χ4v) is 0.778. The third-order valence-corrected chi connectivity index (χ3v) is 1.27. The minimum absolute atomic E-state index is 0. The molecular weight excluding hydrogens is 208 g/mol. The van der Waals surface area contributed by atoms with Crippen LogP contribution in [0.3, 0.4) is 0 Å². The molecule has 0 bridgehead atoms. The van der Waals surface area contributed by atoms with E-state index < -0.39 is 5.97 Å². The van der Waals surface area contributed by atoms with Crippen molar-refractivity contribution in [3.63, 3.8) is 0 Å². The highest BCUT2D eigenvalue weighted by Crippen LogP contribution is 2.02. The minimum Gasteiger partial charge on any atom is -0.478 e.